The highest BCUT2D eigenvalue weighted by atomic mass is 16.1. The molecule has 0 atom stereocenters. The highest BCUT2D eigenvalue weighted by Crippen LogP contribution is 1.88. The molecule has 0 radical (unpaired) electrons. The molecule has 0 bridgehead atoms. The number of carbonyl (C=O) groups excluding carboxylic acids is 1. The van der Waals surface area contributed by atoms with E-state index in [1.54, 1.807) is 0 Å². The Kier molecular flexibility index (Phi) is 6.43. The van der Waals surface area contributed by atoms with Crippen LogP contribution < -0.4 is 5.73 Å². The number of aldehydes is 1. The monoisotopic (exact) mass is 144 g/mol. The second-order valence-corrected chi connectivity index (χ2v) is 2.40. The number of hydrogen-bond acceptors (Lipinski definition) is 3. The molecule has 10 heavy (non-hydrogen) atoms. The van der Waals surface area contributed by atoms with Crippen molar-refractivity contribution in [3.05, 3.63) is 0 Å². The Morgan fingerprint density at radius 2 is 2.20 bits per heavy atom. The van der Waals surface area contributed by atoms with E-state index in [0.29, 0.717) is 13.0 Å². The van der Waals surface area contributed by atoms with Crippen molar-refractivity contribution in [1.82, 2.24) is 4.90 Å². The summed E-state index contributed by atoms with van der Waals surface area (Å²) in [6.45, 7) is 2.58. The number of hydrogen-bond donors (Lipinski definition) is 1. The van der Waals surface area contributed by atoms with E-state index in [0.717, 1.165) is 25.8 Å². The van der Waals surface area contributed by atoms with Crippen molar-refractivity contribution < 1.29 is 4.79 Å². The average Bonchev–Trinajstić information content (AvgIpc) is 1.89. The molecule has 0 aromatic rings. The van der Waals surface area contributed by atoms with Crippen molar-refractivity contribution in [3.8, 4) is 0 Å². The molecule has 0 aliphatic heterocycles. The summed E-state index contributed by atoms with van der Waals surface area (Å²) in [5.41, 5.74) is 5.32. The van der Waals surface area contributed by atoms with E-state index in [9.17, 15) is 4.79 Å². The summed E-state index contributed by atoms with van der Waals surface area (Å²) in [4.78, 5) is 12.0. The lowest BCUT2D eigenvalue weighted by atomic mass is 10.3. The van der Waals surface area contributed by atoms with E-state index in [1.807, 2.05) is 7.05 Å². The van der Waals surface area contributed by atoms with Gasteiger partial charge in [-0.3, -0.25) is 0 Å². The Bertz CT molecular complexity index is 85.7. The number of nitrogens with two attached hydrogens (primary N) is 1. The van der Waals surface area contributed by atoms with Crippen molar-refractivity contribution in [1.29, 1.82) is 0 Å². The van der Waals surface area contributed by atoms with Crippen molar-refractivity contribution >= 4 is 6.29 Å². The maximum atomic E-state index is 9.90. The molecule has 0 heterocycles. The summed E-state index contributed by atoms with van der Waals surface area (Å²) in [6, 6.07) is 0. The Balaban J connectivity index is 3.04. The van der Waals surface area contributed by atoms with Crippen LogP contribution in [0.25, 0.3) is 0 Å². The van der Waals surface area contributed by atoms with E-state index in [-0.39, 0.29) is 0 Å². The summed E-state index contributed by atoms with van der Waals surface area (Å²) < 4.78 is 0. The maximum Gasteiger partial charge on any atom is 0.120 e. The molecule has 0 unspecified atom stereocenters. The van der Waals surface area contributed by atoms with Crippen molar-refractivity contribution in [3.63, 3.8) is 0 Å². The summed E-state index contributed by atoms with van der Waals surface area (Å²) in [5, 5.41) is 0. The van der Waals surface area contributed by atoms with Crippen LogP contribution in [0.15, 0.2) is 0 Å². The lowest BCUT2D eigenvalue weighted by Gasteiger charge is -2.13. The van der Waals surface area contributed by atoms with Crippen LogP contribution in [0.2, 0.25) is 0 Å². The zero-order valence-electron chi connectivity index (χ0n) is 6.55. The molecule has 3 nitrogen and oxygen atoms in total. The van der Waals surface area contributed by atoms with Gasteiger partial charge < -0.3 is 15.4 Å². The maximum absolute atomic E-state index is 9.90. The fourth-order valence-electron chi connectivity index (χ4n) is 0.777. The van der Waals surface area contributed by atoms with Crippen LogP contribution in [0.3, 0.4) is 0 Å². The Hall–Kier alpha value is -0.410. The van der Waals surface area contributed by atoms with Crippen LogP contribution in [-0.2, 0) is 4.79 Å². The minimum absolute atomic E-state index is 0.662. The first-order valence-corrected chi connectivity index (χ1v) is 3.63. The second-order valence-electron chi connectivity index (χ2n) is 2.40. The minimum atomic E-state index is 0.662. The summed E-state index contributed by atoms with van der Waals surface area (Å²) in [7, 11) is 2.01. The standard InChI is InChI=1S/C7H16N2O/c1-9(6-4-8)5-2-3-7-10/h7H,2-6,8H2,1H3. The Morgan fingerprint density at radius 1 is 1.50 bits per heavy atom. The van der Waals surface area contributed by atoms with Gasteiger partial charge in [0.25, 0.3) is 0 Å². The summed E-state index contributed by atoms with van der Waals surface area (Å²) in [5.74, 6) is 0. The van der Waals surface area contributed by atoms with Crippen molar-refractivity contribution in [2.45, 2.75) is 12.8 Å². The molecule has 0 amide bonds. The van der Waals surface area contributed by atoms with Gasteiger partial charge in [0, 0.05) is 19.5 Å². The van der Waals surface area contributed by atoms with Crippen LogP contribution >= 0.6 is 0 Å². The van der Waals surface area contributed by atoms with Gasteiger partial charge in [0.2, 0.25) is 0 Å². The number of likely N-dealkylation sites (N-methyl/N-ethyl adjacent to an activating group) is 1. The first kappa shape index (κ1) is 9.59. The molecule has 0 saturated carbocycles. The number of rotatable bonds is 6. The number of carbonyl (C=O) groups is 1. The first-order chi connectivity index (χ1) is 4.81. The summed E-state index contributed by atoms with van der Waals surface area (Å²) >= 11 is 0. The van der Waals surface area contributed by atoms with E-state index in [4.69, 9.17) is 5.73 Å². The molecule has 0 fully saturated rings. The van der Waals surface area contributed by atoms with Crippen LogP contribution in [0, 0.1) is 0 Å². The van der Waals surface area contributed by atoms with Gasteiger partial charge in [0.1, 0.15) is 6.29 Å². The molecule has 3 heteroatoms. The minimum Gasteiger partial charge on any atom is -0.329 e. The molecule has 0 rings (SSSR count). The second kappa shape index (κ2) is 6.71. The predicted octanol–water partition coefficient (Wildman–Crippen LogP) is -0.144. The number of nitrogens with zero attached hydrogens (tertiary/aromatic N) is 1. The van der Waals surface area contributed by atoms with Crippen LogP contribution in [-0.4, -0.2) is 37.9 Å². The van der Waals surface area contributed by atoms with Gasteiger partial charge in [-0.2, -0.15) is 0 Å². The highest BCUT2D eigenvalue weighted by Gasteiger charge is 1.93. The van der Waals surface area contributed by atoms with E-state index in [1.165, 1.54) is 0 Å². The third-order valence-electron chi connectivity index (χ3n) is 1.37. The van der Waals surface area contributed by atoms with Gasteiger partial charge in [-0.15, -0.1) is 0 Å². The molecule has 0 aromatic heterocycles. The molecule has 0 saturated heterocycles. The van der Waals surface area contributed by atoms with E-state index in [2.05, 4.69) is 4.90 Å². The van der Waals surface area contributed by atoms with Gasteiger partial charge in [0.05, 0.1) is 0 Å². The molecule has 2 N–H and O–H groups in total. The van der Waals surface area contributed by atoms with Crippen LogP contribution in [0.1, 0.15) is 12.8 Å². The normalized spacial score (nSPS) is 10.3. The average molecular weight is 144 g/mol. The van der Waals surface area contributed by atoms with Gasteiger partial charge in [0.15, 0.2) is 0 Å². The van der Waals surface area contributed by atoms with E-state index < -0.39 is 0 Å². The molecule has 0 aromatic carbocycles. The molecule has 60 valence electrons. The largest absolute Gasteiger partial charge is 0.329 e. The van der Waals surface area contributed by atoms with Crippen molar-refractivity contribution in [2.75, 3.05) is 26.7 Å². The topological polar surface area (TPSA) is 46.3 Å². The van der Waals surface area contributed by atoms with E-state index >= 15 is 0 Å². The molecule has 0 spiro atoms. The summed E-state index contributed by atoms with van der Waals surface area (Å²) in [6.07, 6.45) is 2.56. The lowest BCUT2D eigenvalue weighted by Crippen LogP contribution is -2.26. The zero-order chi connectivity index (χ0) is 7.82. The van der Waals surface area contributed by atoms with Gasteiger partial charge in [-0.1, -0.05) is 0 Å². The Labute approximate surface area is 62.2 Å². The SMILES string of the molecule is CN(CCN)CCCC=O. The van der Waals surface area contributed by atoms with Crippen LogP contribution in [0.5, 0.6) is 0 Å². The van der Waals surface area contributed by atoms with Gasteiger partial charge >= 0.3 is 0 Å². The number of unbranched alkanes of at least 4 members (excludes halogenated alkanes) is 1. The lowest BCUT2D eigenvalue weighted by molar-refractivity contribution is -0.107. The molecule has 0 aliphatic rings. The quantitative estimate of drug-likeness (QED) is 0.417. The third-order valence-corrected chi connectivity index (χ3v) is 1.37. The zero-order valence-corrected chi connectivity index (χ0v) is 6.55. The fourth-order valence-corrected chi connectivity index (χ4v) is 0.777. The van der Waals surface area contributed by atoms with Crippen molar-refractivity contribution in [2.24, 2.45) is 5.73 Å². The first-order valence-electron chi connectivity index (χ1n) is 3.63. The fraction of sp³-hybridized carbons (Fsp3) is 0.857. The third kappa shape index (κ3) is 5.72. The molecule has 0 aliphatic carbocycles. The van der Waals surface area contributed by atoms with Gasteiger partial charge in [-0.05, 0) is 20.0 Å². The van der Waals surface area contributed by atoms with Gasteiger partial charge in [-0.25, -0.2) is 0 Å². The molecular formula is C7H16N2O. The highest BCUT2D eigenvalue weighted by molar-refractivity contribution is 5.48. The Morgan fingerprint density at radius 3 is 2.70 bits per heavy atom. The van der Waals surface area contributed by atoms with Crippen LogP contribution in [0.4, 0.5) is 0 Å². The smallest absolute Gasteiger partial charge is 0.120 e. The predicted molar refractivity (Wildman–Crippen MR) is 41.8 cm³/mol. The molecular weight excluding hydrogens is 128 g/mol.